The molecule has 5 heteroatoms. The lowest BCUT2D eigenvalue weighted by molar-refractivity contribution is 0.442. The summed E-state index contributed by atoms with van der Waals surface area (Å²) in [6.45, 7) is 4.48. The lowest BCUT2D eigenvalue weighted by Crippen LogP contribution is -2.20. The molecule has 1 unspecified atom stereocenters. The molecule has 0 amide bonds. The van der Waals surface area contributed by atoms with Crippen LogP contribution in [0.2, 0.25) is 0 Å². The topological polar surface area (TPSA) is 89.4 Å². The van der Waals surface area contributed by atoms with Crippen molar-refractivity contribution in [2.24, 2.45) is 0 Å². The Balaban J connectivity index is 0. The minimum Gasteiger partial charge on any atom is -0.344 e. The van der Waals surface area contributed by atoms with Gasteiger partial charge >= 0.3 is 0 Å². The number of hydrogen-bond acceptors (Lipinski definition) is 3. The first-order valence-electron chi connectivity index (χ1n) is 14.0. The Hall–Kier alpha value is -0.130. The zero-order chi connectivity index (χ0) is 23.0. The van der Waals surface area contributed by atoms with Crippen LogP contribution in [0.15, 0.2) is 0 Å². The summed E-state index contributed by atoms with van der Waals surface area (Å²) < 4.78 is 32.8. The molecule has 0 saturated heterocycles. The molecular formula is C27H59NO3S. The van der Waals surface area contributed by atoms with Crippen LogP contribution in [0.1, 0.15) is 168 Å². The second kappa shape index (κ2) is 25.5. The van der Waals surface area contributed by atoms with E-state index in [9.17, 15) is 13.0 Å². The van der Waals surface area contributed by atoms with Crippen molar-refractivity contribution < 1.29 is 13.0 Å². The fourth-order valence-corrected chi connectivity index (χ4v) is 5.44. The van der Waals surface area contributed by atoms with Gasteiger partial charge in [0, 0.05) is 0 Å². The van der Waals surface area contributed by atoms with Crippen molar-refractivity contribution in [2.75, 3.05) is 0 Å². The molecule has 196 valence electrons. The van der Waals surface area contributed by atoms with Crippen molar-refractivity contribution in [3.63, 3.8) is 0 Å². The SMILES string of the molecule is CCCCCCCCCCCCCCCCCCC(CCCCCCCC)S(=O)(=O)O.N. The van der Waals surface area contributed by atoms with Gasteiger partial charge in [0.05, 0.1) is 5.25 Å². The summed E-state index contributed by atoms with van der Waals surface area (Å²) in [5, 5.41) is -0.537. The summed E-state index contributed by atoms with van der Waals surface area (Å²) in [5.41, 5.74) is 0. The van der Waals surface area contributed by atoms with Crippen LogP contribution in [0.3, 0.4) is 0 Å². The van der Waals surface area contributed by atoms with Crippen LogP contribution >= 0.6 is 0 Å². The van der Waals surface area contributed by atoms with E-state index < -0.39 is 15.4 Å². The van der Waals surface area contributed by atoms with Gasteiger partial charge < -0.3 is 6.15 Å². The molecule has 0 aliphatic carbocycles. The predicted octanol–water partition coefficient (Wildman–Crippen LogP) is 9.81. The molecule has 4 N–H and O–H groups in total. The van der Waals surface area contributed by atoms with Crippen LogP contribution in [0.5, 0.6) is 0 Å². The van der Waals surface area contributed by atoms with E-state index in [0.717, 1.165) is 25.7 Å². The summed E-state index contributed by atoms with van der Waals surface area (Å²) >= 11 is 0. The van der Waals surface area contributed by atoms with Gasteiger partial charge in [0.2, 0.25) is 0 Å². The molecule has 0 aromatic rings. The quantitative estimate of drug-likeness (QED) is 0.101. The first-order valence-corrected chi connectivity index (χ1v) is 15.5. The van der Waals surface area contributed by atoms with E-state index in [-0.39, 0.29) is 6.15 Å². The smallest absolute Gasteiger partial charge is 0.267 e. The van der Waals surface area contributed by atoms with Gasteiger partial charge in [-0.15, -0.1) is 0 Å². The van der Waals surface area contributed by atoms with Crippen LogP contribution in [-0.2, 0) is 10.1 Å². The Morgan fingerprint density at radius 2 is 0.688 bits per heavy atom. The van der Waals surface area contributed by atoms with Crippen LogP contribution in [0, 0.1) is 0 Å². The highest BCUT2D eigenvalue weighted by Gasteiger charge is 2.21. The van der Waals surface area contributed by atoms with Gasteiger partial charge in [-0.05, 0) is 12.8 Å². The van der Waals surface area contributed by atoms with Crippen molar-refractivity contribution in [1.29, 1.82) is 0 Å². The van der Waals surface area contributed by atoms with Crippen LogP contribution < -0.4 is 6.15 Å². The van der Waals surface area contributed by atoms with Crippen molar-refractivity contribution in [3.05, 3.63) is 0 Å². The highest BCUT2D eigenvalue weighted by molar-refractivity contribution is 7.86. The van der Waals surface area contributed by atoms with Gasteiger partial charge in [0.1, 0.15) is 0 Å². The molecule has 0 radical (unpaired) electrons. The molecule has 0 fully saturated rings. The first kappa shape index (κ1) is 34.0. The Bertz CT molecular complexity index is 454. The summed E-state index contributed by atoms with van der Waals surface area (Å²) in [5.74, 6) is 0. The van der Waals surface area contributed by atoms with Crippen molar-refractivity contribution >= 4 is 10.1 Å². The lowest BCUT2D eigenvalue weighted by atomic mass is 10.0. The summed E-state index contributed by atoms with van der Waals surface area (Å²) in [6, 6.07) is 0. The average molecular weight is 478 g/mol. The highest BCUT2D eigenvalue weighted by Crippen LogP contribution is 2.19. The number of rotatable bonds is 25. The van der Waals surface area contributed by atoms with E-state index in [1.54, 1.807) is 0 Å². The second-order valence-corrected chi connectivity index (χ2v) is 11.5. The summed E-state index contributed by atoms with van der Waals surface area (Å²) in [7, 11) is -3.88. The summed E-state index contributed by atoms with van der Waals surface area (Å²) in [6.07, 6.45) is 29.4. The van der Waals surface area contributed by atoms with Crippen molar-refractivity contribution in [2.45, 2.75) is 173 Å². The fraction of sp³-hybridized carbons (Fsp3) is 1.00. The maximum Gasteiger partial charge on any atom is 0.267 e. The van der Waals surface area contributed by atoms with E-state index in [1.807, 2.05) is 0 Å². The highest BCUT2D eigenvalue weighted by atomic mass is 32.2. The van der Waals surface area contributed by atoms with E-state index in [1.165, 1.54) is 116 Å². The normalized spacial score (nSPS) is 12.6. The largest absolute Gasteiger partial charge is 0.344 e. The third-order valence-corrected chi connectivity index (χ3v) is 7.99. The van der Waals surface area contributed by atoms with Crippen molar-refractivity contribution in [1.82, 2.24) is 6.15 Å². The monoisotopic (exact) mass is 477 g/mol. The van der Waals surface area contributed by atoms with E-state index in [2.05, 4.69) is 13.8 Å². The minimum absolute atomic E-state index is 0. The van der Waals surface area contributed by atoms with E-state index in [4.69, 9.17) is 0 Å². The molecule has 32 heavy (non-hydrogen) atoms. The van der Waals surface area contributed by atoms with Crippen molar-refractivity contribution in [3.8, 4) is 0 Å². The Labute approximate surface area is 202 Å². The molecule has 0 spiro atoms. The maximum absolute atomic E-state index is 11.6. The lowest BCUT2D eigenvalue weighted by Gasteiger charge is -2.13. The minimum atomic E-state index is -3.88. The third kappa shape index (κ3) is 24.5. The molecule has 1 atom stereocenters. The molecule has 4 nitrogen and oxygen atoms in total. The van der Waals surface area contributed by atoms with Crippen LogP contribution in [0.4, 0.5) is 0 Å². The predicted molar refractivity (Wildman–Crippen MR) is 143 cm³/mol. The Kier molecular flexibility index (Phi) is 27.1. The number of unbranched alkanes of at least 4 members (excludes halogenated alkanes) is 20. The number of hydrogen-bond donors (Lipinski definition) is 2. The van der Waals surface area contributed by atoms with Gasteiger partial charge in [0.15, 0.2) is 0 Å². The molecular weight excluding hydrogens is 418 g/mol. The molecule has 0 rings (SSSR count). The maximum atomic E-state index is 11.6. The van der Waals surface area contributed by atoms with Gasteiger partial charge in [0.25, 0.3) is 10.1 Å². The zero-order valence-corrected chi connectivity index (χ0v) is 22.7. The molecule has 0 bridgehead atoms. The Morgan fingerprint density at radius 3 is 0.906 bits per heavy atom. The fourth-order valence-electron chi connectivity index (χ4n) is 4.51. The van der Waals surface area contributed by atoms with E-state index >= 15 is 0 Å². The van der Waals surface area contributed by atoms with Gasteiger partial charge in [-0.3, -0.25) is 4.55 Å². The standard InChI is InChI=1S/C27H56O3S.H3N/c1-3-5-7-9-11-12-13-14-15-16-17-18-19-20-22-24-26-27(31(28,29)30)25-23-21-10-8-6-4-2;/h27H,3-26H2,1-2H3,(H,28,29,30);1H3. The third-order valence-electron chi connectivity index (χ3n) is 6.68. The van der Waals surface area contributed by atoms with Gasteiger partial charge in [-0.25, -0.2) is 0 Å². The van der Waals surface area contributed by atoms with Gasteiger partial charge in [-0.2, -0.15) is 8.42 Å². The van der Waals surface area contributed by atoms with Crippen LogP contribution in [-0.4, -0.2) is 18.2 Å². The molecule has 0 aromatic carbocycles. The van der Waals surface area contributed by atoms with Crippen LogP contribution in [0.25, 0.3) is 0 Å². The molecule has 0 saturated carbocycles. The zero-order valence-electron chi connectivity index (χ0n) is 21.9. The van der Waals surface area contributed by atoms with E-state index in [0.29, 0.717) is 12.8 Å². The molecule has 0 heterocycles. The first-order chi connectivity index (χ1) is 15.0. The second-order valence-electron chi connectivity index (χ2n) is 9.79. The summed E-state index contributed by atoms with van der Waals surface area (Å²) in [4.78, 5) is 0. The average Bonchev–Trinajstić information content (AvgIpc) is 2.73. The Morgan fingerprint density at radius 1 is 0.469 bits per heavy atom. The molecule has 0 aliphatic heterocycles. The molecule has 0 aliphatic rings. The molecule has 0 aromatic heterocycles. The van der Waals surface area contributed by atoms with Gasteiger partial charge in [-0.1, -0.05) is 155 Å².